The van der Waals surface area contributed by atoms with Crippen molar-refractivity contribution in [3.05, 3.63) is 58.6 Å². The van der Waals surface area contributed by atoms with Gasteiger partial charge in [0.25, 0.3) is 0 Å². The zero-order chi connectivity index (χ0) is 22.0. The average molecular weight is 438 g/mol. The quantitative estimate of drug-likeness (QED) is 0.701. The lowest BCUT2D eigenvalue weighted by atomic mass is 9.86. The van der Waals surface area contributed by atoms with Crippen LogP contribution < -0.4 is 19.1 Å². The number of methoxy groups -OCH3 is 3. The molecule has 0 aromatic heterocycles. The van der Waals surface area contributed by atoms with E-state index in [4.69, 9.17) is 14.2 Å². The van der Waals surface area contributed by atoms with Gasteiger partial charge in [0.15, 0.2) is 11.5 Å². The lowest BCUT2D eigenvalue weighted by Gasteiger charge is -2.42. The van der Waals surface area contributed by atoms with Crippen molar-refractivity contribution in [2.75, 3.05) is 38.8 Å². The summed E-state index contributed by atoms with van der Waals surface area (Å²) in [6.07, 6.45) is 0.250. The molecule has 0 radical (unpaired) electrons. The molecule has 2 aromatic carbocycles. The Morgan fingerprint density at radius 3 is 2.58 bits per heavy atom. The zero-order valence-electron chi connectivity index (χ0n) is 17.6. The van der Waals surface area contributed by atoms with E-state index in [0.29, 0.717) is 35.4 Å². The molecule has 8 heteroatoms. The minimum Gasteiger partial charge on any atom is -0.497 e. The van der Waals surface area contributed by atoms with Gasteiger partial charge in [-0.2, -0.15) is 5.26 Å². The van der Waals surface area contributed by atoms with Crippen LogP contribution in [0.15, 0.2) is 53.1 Å². The van der Waals surface area contributed by atoms with E-state index in [1.54, 1.807) is 26.2 Å². The van der Waals surface area contributed by atoms with Crippen LogP contribution in [0.2, 0.25) is 0 Å². The molecule has 0 aliphatic carbocycles. The lowest BCUT2D eigenvalue weighted by molar-refractivity contribution is -0.129. The fraction of sp³-hybridized carbons (Fsp3) is 0.304. The predicted molar refractivity (Wildman–Crippen MR) is 119 cm³/mol. The maximum atomic E-state index is 13.1. The third-order valence-electron chi connectivity index (χ3n) is 5.52. The van der Waals surface area contributed by atoms with Crippen molar-refractivity contribution in [3.8, 4) is 23.3 Å². The molecule has 0 spiro atoms. The Balaban J connectivity index is 1.64. The molecule has 1 atom stereocenters. The van der Waals surface area contributed by atoms with Crippen LogP contribution in [-0.4, -0.2) is 44.7 Å². The number of carbonyl (C=O) groups excluding carboxylic acids is 1. The third kappa shape index (κ3) is 3.89. The number of benzene rings is 2. The van der Waals surface area contributed by atoms with E-state index in [2.05, 4.69) is 11.0 Å². The number of allylic oxidation sites excluding steroid dienone is 1. The van der Waals surface area contributed by atoms with E-state index in [1.165, 1.54) is 11.8 Å². The van der Waals surface area contributed by atoms with Crippen molar-refractivity contribution in [2.45, 2.75) is 12.3 Å². The van der Waals surface area contributed by atoms with Gasteiger partial charge in [-0.3, -0.25) is 9.69 Å². The van der Waals surface area contributed by atoms with E-state index in [1.807, 2.05) is 42.5 Å². The molecule has 160 valence electrons. The highest BCUT2D eigenvalue weighted by Gasteiger charge is 2.38. The number of nitrogens with zero attached hydrogens (tertiary/aromatic N) is 3. The number of fused-ring (bicyclic) bond motifs is 1. The van der Waals surface area contributed by atoms with Gasteiger partial charge in [0.2, 0.25) is 5.91 Å². The topological polar surface area (TPSA) is 75.0 Å². The Morgan fingerprint density at radius 2 is 1.87 bits per heavy atom. The van der Waals surface area contributed by atoms with E-state index in [-0.39, 0.29) is 18.2 Å². The largest absolute Gasteiger partial charge is 0.497 e. The first-order valence-corrected chi connectivity index (χ1v) is 10.8. The van der Waals surface area contributed by atoms with E-state index in [9.17, 15) is 10.1 Å². The van der Waals surface area contributed by atoms with Gasteiger partial charge in [0.1, 0.15) is 5.75 Å². The first kappa shape index (κ1) is 20.9. The molecule has 2 aromatic rings. The number of thioether (sulfide) groups is 1. The fourth-order valence-electron chi connectivity index (χ4n) is 3.89. The molecule has 7 nitrogen and oxygen atoms in total. The number of ether oxygens (including phenoxy) is 3. The molecule has 1 fully saturated rings. The summed E-state index contributed by atoms with van der Waals surface area (Å²) in [7, 11) is 4.80. The summed E-state index contributed by atoms with van der Waals surface area (Å²) in [6.45, 7) is 0.382. The second-order valence-corrected chi connectivity index (χ2v) is 8.11. The Bertz CT molecular complexity index is 1080. The zero-order valence-corrected chi connectivity index (χ0v) is 18.4. The van der Waals surface area contributed by atoms with Gasteiger partial charge in [-0.15, -0.1) is 0 Å². The molecule has 1 amide bonds. The molecule has 0 N–H and O–H groups in total. The van der Waals surface area contributed by atoms with Crippen LogP contribution in [0.4, 0.5) is 5.69 Å². The van der Waals surface area contributed by atoms with Crippen LogP contribution in [0.3, 0.4) is 0 Å². The maximum Gasteiger partial charge on any atom is 0.229 e. The third-order valence-corrected chi connectivity index (χ3v) is 6.68. The molecule has 2 aliphatic heterocycles. The van der Waals surface area contributed by atoms with Gasteiger partial charge in [0.05, 0.1) is 50.5 Å². The van der Waals surface area contributed by atoms with Crippen LogP contribution in [0.1, 0.15) is 17.9 Å². The highest BCUT2D eigenvalue weighted by atomic mass is 32.2. The second-order valence-electron chi connectivity index (χ2n) is 7.18. The van der Waals surface area contributed by atoms with Crippen LogP contribution in [0.25, 0.3) is 0 Å². The minimum atomic E-state index is -0.265. The van der Waals surface area contributed by atoms with Crippen molar-refractivity contribution in [2.24, 2.45) is 0 Å². The van der Waals surface area contributed by atoms with Crippen LogP contribution in [0.5, 0.6) is 17.2 Å². The molecule has 0 saturated carbocycles. The summed E-state index contributed by atoms with van der Waals surface area (Å²) in [5.41, 5.74) is 2.47. The summed E-state index contributed by atoms with van der Waals surface area (Å²) in [4.78, 5) is 16.9. The number of rotatable bonds is 5. The van der Waals surface area contributed by atoms with Gasteiger partial charge in [-0.1, -0.05) is 23.9 Å². The van der Waals surface area contributed by atoms with Crippen molar-refractivity contribution in [1.29, 1.82) is 5.26 Å². The average Bonchev–Trinajstić information content (AvgIpc) is 2.83. The second kappa shape index (κ2) is 8.82. The molecule has 1 unspecified atom stereocenters. The lowest BCUT2D eigenvalue weighted by Crippen LogP contribution is -2.47. The van der Waals surface area contributed by atoms with Crippen molar-refractivity contribution >= 4 is 23.4 Å². The summed E-state index contributed by atoms with van der Waals surface area (Å²) < 4.78 is 16.0. The smallest absolute Gasteiger partial charge is 0.229 e. The van der Waals surface area contributed by atoms with Crippen LogP contribution in [0, 0.1) is 11.3 Å². The number of nitriles is 1. The van der Waals surface area contributed by atoms with E-state index >= 15 is 0 Å². The molecular formula is C23H23N3O4S. The highest BCUT2D eigenvalue weighted by Crippen LogP contribution is 2.44. The summed E-state index contributed by atoms with van der Waals surface area (Å²) in [5.74, 6) is 2.35. The number of hydrogen-bond donors (Lipinski definition) is 0. The molecule has 31 heavy (non-hydrogen) atoms. The van der Waals surface area contributed by atoms with Crippen LogP contribution in [-0.2, 0) is 4.79 Å². The first-order chi connectivity index (χ1) is 15.1. The number of carbonyl (C=O) groups is 1. The molecular weight excluding hydrogens is 414 g/mol. The van der Waals surface area contributed by atoms with Gasteiger partial charge < -0.3 is 19.1 Å². The molecule has 4 rings (SSSR count). The van der Waals surface area contributed by atoms with Gasteiger partial charge >= 0.3 is 0 Å². The van der Waals surface area contributed by atoms with Gasteiger partial charge in [-0.05, 0) is 29.8 Å². The maximum absolute atomic E-state index is 13.1. The summed E-state index contributed by atoms with van der Waals surface area (Å²) in [5, 5.41) is 10.7. The normalized spacial score (nSPS) is 18.4. The Hall–Kier alpha value is -3.31. The van der Waals surface area contributed by atoms with E-state index < -0.39 is 0 Å². The molecule has 2 heterocycles. The van der Waals surface area contributed by atoms with Crippen molar-refractivity contribution in [3.63, 3.8) is 0 Å². The Kier molecular flexibility index (Phi) is 5.96. The minimum absolute atomic E-state index is 0.000466. The predicted octanol–water partition coefficient (Wildman–Crippen LogP) is 3.93. The SMILES string of the molecule is COc1cccc(C2CC(=O)N3CN(c4ccc(OC)c(OC)c4)CSC3=C2C#N)c1. The molecule has 0 bridgehead atoms. The monoisotopic (exact) mass is 437 g/mol. The molecule has 2 aliphatic rings. The van der Waals surface area contributed by atoms with E-state index in [0.717, 1.165) is 16.3 Å². The Morgan fingerprint density at radius 1 is 1.06 bits per heavy atom. The number of anilines is 1. The Labute approximate surface area is 185 Å². The van der Waals surface area contributed by atoms with Gasteiger partial charge in [-0.25, -0.2) is 0 Å². The molecule has 1 saturated heterocycles. The highest BCUT2D eigenvalue weighted by molar-refractivity contribution is 8.03. The summed E-state index contributed by atoms with van der Waals surface area (Å²) >= 11 is 1.50. The standard InChI is InChI=1S/C23H23N3O4S/c1-28-17-6-4-5-15(9-17)18-11-22(27)26-13-25(14-31-23(26)19(18)12-24)16-7-8-20(29-2)21(10-16)30-3/h4-10,18H,11,13-14H2,1-3H3. The van der Waals surface area contributed by atoms with Gasteiger partial charge in [0, 0.05) is 24.1 Å². The van der Waals surface area contributed by atoms with Crippen LogP contribution >= 0.6 is 11.8 Å². The number of hydrogen-bond acceptors (Lipinski definition) is 7. The first-order valence-electron chi connectivity index (χ1n) is 9.78. The summed E-state index contributed by atoms with van der Waals surface area (Å²) in [6, 6.07) is 15.6. The number of amides is 1. The fourth-order valence-corrected chi connectivity index (χ4v) is 5.06. The van der Waals surface area contributed by atoms with Crippen molar-refractivity contribution < 1.29 is 19.0 Å². The van der Waals surface area contributed by atoms with Crippen molar-refractivity contribution in [1.82, 2.24) is 4.90 Å².